The van der Waals surface area contributed by atoms with Crippen molar-refractivity contribution in [3.05, 3.63) is 70.6 Å². The Labute approximate surface area is 192 Å². The van der Waals surface area contributed by atoms with Gasteiger partial charge in [-0.3, -0.25) is 14.6 Å². The third-order valence-corrected chi connectivity index (χ3v) is 6.17. The Hall–Kier alpha value is -3.74. The van der Waals surface area contributed by atoms with Gasteiger partial charge in [-0.1, -0.05) is 30.3 Å². The minimum absolute atomic E-state index is 0.131. The first-order valence-corrected chi connectivity index (χ1v) is 11.5. The van der Waals surface area contributed by atoms with Gasteiger partial charge in [0.1, 0.15) is 0 Å². The highest BCUT2D eigenvalue weighted by atomic mass is 16.2. The molecule has 0 spiro atoms. The Kier molecular flexibility index (Phi) is 5.77. The van der Waals surface area contributed by atoms with Gasteiger partial charge in [-0.05, 0) is 50.5 Å². The van der Waals surface area contributed by atoms with Gasteiger partial charge in [0.25, 0.3) is 5.56 Å². The molecule has 0 unspecified atom stereocenters. The Morgan fingerprint density at radius 2 is 1.70 bits per heavy atom. The van der Waals surface area contributed by atoms with Crippen LogP contribution in [0.3, 0.4) is 0 Å². The van der Waals surface area contributed by atoms with Crippen LogP contribution in [-0.4, -0.2) is 33.5 Å². The van der Waals surface area contributed by atoms with Crippen LogP contribution in [0.2, 0.25) is 0 Å². The van der Waals surface area contributed by atoms with Gasteiger partial charge in [0.15, 0.2) is 5.82 Å². The number of aromatic nitrogens is 3. The van der Waals surface area contributed by atoms with Crippen molar-refractivity contribution in [2.24, 2.45) is 0 Å². The first-order chi connectivity index (χ1) is 16.1. The average molecular weight is 442 g/mol. The Balaban J connectivity index is 1.42. The van der Waals surface area contributed by atoms with E-state index in [1.54, 1.807) is 4.57 Å². The van der Waals surface area contributed by atoms with Gasteiger partial charge in [-0.15, -0.1) is 0 Å². The van der Waals surface area contributed by atoms with Crippen molar-refractivity contribution in [1.29, 1.82) is 0 Å². The summed E-state index contributed by atoms with van der Waals surface area (Å²) in [5, 5.41) is 3.92. The van der Waals surface area contributed by atoms with Gasteiger partial charge in [-0.2, -0.15) is 0 Å². The Bertz CT molecular complexity index is 1390. The Morgan fingerprint density at radius 3 is 2.52 bits per heavy atom. The predicted molar refractivity (Wildman–Crippen MR) is 132 cm³/mol. The van der Waals surface area contributed by atoms with Crippen molar-refractivity contribution in [3.63, 3.8) is 0 Å². The standard InChI is InChI=1S/C26H27N5O2/c1-18-17-22(19-9-3-4-10-20(19)27-18)28-24(32)13-16-31-23-12-6-5-11-21(23)29-25(26(31)33)30-14-7-2-8-15-30/h3-6,9-12,17H,2,7-8,13-16H2,1H3,(H,27,28,32). The lowest BCUT2D eigenvalue weighted by Gasteiger charge is -2.27. The second-order valence-corrected chi connectivity index (χ2v) is 8.56. The number of rotatable bonds is 5. The van der Waals surface area contributed by atoms with E-state index in [-0.39, 0.29) is 24.4 Å². The lowest BCUT2D eigenvalue weighted by molar-refractivity contribution is -0.116. The van der Waals surface area contributed by atoms with Crippen molar-refractivity contribution in [3.8, 4) is 0 Å². The number of hydrogen-bond donors (Lipinski definition) is 1. The number of para-hydroxylation sites is 3. The summed E-state index contributed by atoms with van der Waals surface area (Å²) in [5.41, 5.74) is 3.81. The highest BCUT2D eigenvalue weighted by Gasteiger charge is 2.19. The number of anilines is 2. The van der Waals surface area contributed by atoms with Gasteiger partial charge in [0.2, 0.25) is 5.91 Å². The van der Waals surface area contributed by atoms with Crippen LogP contribution in [0.1, 0.15) is 31.4 Å². The van der Waals surface area contributed by atoms with Crippen LogP contribution in [0.15, 0.2) is 59.4 Å². The average Bonchev–Trinajstić information content (AvgIpc) is 2.83. The lowest BCUT2D eigenvalue weighted by Crippen LogP contribution is -2.37. The summed E-state index contributed by atoms with van der Waals surface area (Å²) >= 11 is 0. The molecule has 0 radical (unpaired) electrons. The molecule has 1 aliphatic heterocycles. The molecular formula is C26H27N5O2. The largest absolute Gasteiger partial charge is 0.352 e. The number of piperidine rings is 1. The molecule has 7 heteroatoms. The molecule has 4 aromatic rings. The topological polar surface area (TPSA) is 80.1 Å². The van der Waals surface area contributed by atoms with E-state index in [9.17, 15) is 9.59 Å². The fraction of sp³-hybridized carbons (Fsp3) is 0.308. The number of carbonyl (C=O) groups excluding carboxylic acids is 1. The van der Waals surface area contributed by atoms with E-state index < -0.39 is 0 Å². The summed E-state index contributed by atoms with van der Waals surface area (Å²) in [6.45, 7) is 3.88. The summed E-state index contributed by atoms with van der Waals surface area (Å²) in [5.74, 6) is 0.350. The highest BCUT2D eigenvalue weighted by molar-refractivity contribution is 6.01. The minimum Gasteiger partial charge on any atom is -0.352 e. The number of aryl methyl sites for hydroxylation is 2. The number of carbonyl (C=O) groups is 1. The molecule has 5 rings (SSSR count). The van der Waals surface area contributed by atoms with Crippen LogP contribution < -0.4 is 15.8 Å². The molecule has 2 aromatic carbocycles. The lowest BCUT2D eigenvalue weighted by atomic mass is 10.1. The number of nitrogens with zero attached hydrogens (tertiary/aromatic N) is 4. The van der Waals surface area contributed by atoms with Crippen molar-refractivity contribution in [2.45, 2.75) is 39.2 Å². The summed E-state index contributed by atoms with van der Waals surface area (Å²) in [7, 11) is 0. The SMILES string of the molecule is Cc1cc(NC(=O)CCn2c(=O)c(N3CCCCC3)nc3ccccc32)c2ccccc2n1. The van der Waals surface area contributed by atoms with Gasteiger partial charge in [-0.25, -0.2) is 4.98 Å². The van der Waals surface area contributed by atoms with Gasteiger partial charge >= 0.3 is 0 Å². The molecule has 0 atom stereocenters. The molecule has 3 heterocycles. The molecule has 1 fully saturated rings. The van der Waals surface area contributed by atoms with Crippen molar-refractivity contribution in [1.82, 2.24) is 14.5 Å². The second-order valence-electron chi connectivity index (χ2n) is 8.56. The fourth-order valence-corrected chi connectivity index (χ4v) is 4.55. The van der Waals surface area contributed by atoms with Crippen LogP contribution in [0.25, 0.3) is 21.9 Å². The first-order valence-electron chi connectivity index (χ1n) is 11.5. The zero-order valence-corrected chi connectivity index (χ0v) is 18.8. The van der Waals surface area contributed by atoms with E-state index in [1.165, 1.54) is 6.42 Å². The maximum Gasteiger partial charge on any atom is 0.294 e. The first kappa shape index (κ1) is 21.1. The van der Waals surface area contributed by atoms with E-state index in [0.717, 1.165) is 59.2 Å². The third-order valence-electron chi connectivity index (χ3n) is 6.17. The maximum absolute atomic E-state index is 13.4. The van der Waals surface area contributed by atoms with Crippen LogP contribution in [-0.2, 0) is 11.3 Å². The molecule has 7 nitrogen and oxygen atoms in total. The summed E-state index contributed by atoms with van der Waals surface area (Å²) in [6.07, 6.45) is 3.50. The number of nitrogens with one attached hydrogen (secondary N) is 1. The van der Waals surface area contributed by atoms with Gasteiger partial charge in [0.05, 0.1) is 22.2 Å². The summed E-state index contributed by atoms with van der Waals surface area (Å²) in [6, 6.07) is 17.3. The predicted octanol–water partition coefficient (Wildman–Crippen LogP) is 4.27. The van der Waals surface area contributed by atoms with Crippen molar-refractivity contribution < 1.29 is 4.79 Å². The molecular weight excluding hydrogens is 414 g/mol. The van der Waals surface area contributed by atoms with E-state index >= 15 is 0 Å². The van der Waals surface area contributed by atoms with Crippen molar-refractivity contribution >= 4 is 39.3 Å². The molecule has 1 amide bonds. The summed E-state index contributed by atoms with van der Waals surface area (Å²) in [4.78, 5) is 37.6. The van der Waals surface area contributed by atoms with E-state index in [4.69, 9.17) is 0 Å². The van der Waals surface area contributed by atoms with E-state index in [1.807, 2.05) is 61.5 Å². The summed E-state index contributed by atoms with van der Waals surface area (Å²) < 4.78 is 1.70. The fourth-order valence-electron chi connectivity index (χ4n) is 4.55. The number of benzene rings is 2. The molecule has 33 heavy (non-hydrogen) atoms. The monoisotopic (exact) mass is 441 g/mol. The minimum atomic E-state index is -0.141. The normalized spacial score (nSPS) is 14.0. The van der Waals surface area contributed by atoms with Crippen LogP contribution >= 0.6 is 0 Å². The number of fused-ring (bicyclic) bond motifs is 2. The zero-order valence-electron chi connectivity index (χ0n) is 18.8. The maximum atomic E-state index is 13.4. The van der Waals surface area contributed by atoms with Crippen molar-refractivity contribution in [2.75, 3.05) is 23.3 Å². The molecule has 2 aromatic heterocycles. The zero-order chi connectivity index (χ0) is 22.8. The molecule has 0 aliphatic carbocycles. The Morgan fingerprint density at radius 1 is 0.970 bits per heavy atom. The highest BCUT2D eigenvalue weighted by Crippen LogP contribution is 2.23. The van der Waals surface area contributed by atoms with Crippen LogP contribution in [0.4, 0.5) is 11.5 Å². The number of pyridine rings is 1. The molecule has 1 saturated heterocycles. The number of hydrogen-bond acceptors (Lipinski definition) is 5. The van der Waals surface area contributed by atoms with E-state index in [0.29, 0.717) is 5.82 Å². The molecule has 1 N–H and O–H groups in total. The molecule has 168 valence electrons. The second kappa shape index (κ2) is 9.02. The van der Waals surface area contributed by atoms with Crippen LogP contribution in [0.5, 0.6) is 0 Å². The molecule has 0 bridgehead atoms. The van der Waals surface area contributed by atoms with Gasteiger partial charge in [0, 0.05) is 37.1 Å². The van der Waals surface area contributed by atoms with E-state index in [2.05, 4.69) is 20.2 Å². The molecule has 0 saturated carbocycles. The van der Waals surface area contributed by atoms with Crippen LogP contribution in [0, 0.1) is 6.92 Å². The quantitative estimate of drug-likeness (QED) is 0.500. The number of amides is 1. The smallest absolute Gasteiger partial charge is 0.294 e. The third kappa shape index (κ3) is 4.31. The van der Waals surface area contributed by atoms with Gasteiger partial charge < -0.3 is 14.8 Å². The molecule has 1 aliphatic rings.